The van der Waals surface area contributed by atoms with Crippen LogP contribution in [0.3, 0.4) is 0 Å². The number of aromatic nitrogens is 2. The topological polar surface area (TPSA) is 102 Å². The number of carbonyl (C=O) groups is 1. The van der Waals surface area contributed by atoms with Crippen molar-refractivity contribution >= 4 is 41.0 Å². The number of amides is 1. The summed E-state index contributed by atoms with van der Waals surface area (Å²) in [5, 5.41) is 18.6. The van der Waals surface area contributed by atoms with Crippen LogP contribution in [0.2, 0.25) is 10.0 Å². The number of carbonyl (C=O) groups excluding carboxylic acids is 1. The van der Waals surface area contributed by atoms with E-state index in [-0.39, 0.29) is 12.2 Å². The first-order valence-electron chi connectivity index (χ1n) is 5.90. The van der Waals surface area contributed by atoms with Crippen LogP contribution in [-0.4, -0.2) is 26.8 Å². The van der Waals surface area contributed by atoms with Crippen LogP contribution in [0.25, 0.3) is 0 Å². The molecular formula is C12H9Cl2N5O3. The van der Waals surface area contributed by atoms with E-state index in [0.717, 1.165) is 17.1 Å². The molecule has 0 unspecified atom stereocenters. The van der Waals surface area contributed by atoms with Crippen molar-refractivity contribution in [1.82, 2.24) is 15.2 Å². The van der Waals surface area contributed by atoms with Crippen LogP contribution < -0.4 is 5.43 Å². The molecule has 0 fully saturated rings. The molecule has 0 atom stereocenters. The summed E-state index contributed by atoms with van der Waals surface area (Å²) in [4.78, 5) is 21.5. The van der Waals surface area contributed by atoms with Crippen molar-refractivity contribution in [2.75, 3.05) is 0 Å². The minimum atomic E-state index is -0.597. The lowest BCUT2D eigenvalue weighted by Crippen LogP contribution is -2.23. The number of halogens is 2. The van der Waals surface area contributed by atoms with E-state index in [0.29, 0.717) is 15.6 Å². The minimum Gasteiger partial charge on any atom is -0.271 e. The molecule has 1 aromatic carbocycles. The first kappa shape index (κ1) is 15.9. The van der Waals surface area contributed by atoms with Crippen LogP contribution in [-0.2, 0) is 11.3 Å². The fourth-order valence-electron chi connectivity index (χ4n) is 1.51. The van der Waals surface area contributed by atoms with Crippen molar-refractivity contribution in [3.8, 4) is 0 Å². The van der Waals surface area contributed by atoms with Gasteiger partial charge in [-0.2, -0.15) is 10.2 Å². The minimum absolute atomic E-state index is 0.193. The van der Waals surface area contributed by atoms with E-state index >= 15 is 0 Å². The Bertz CT molecular complexity index is 744. The van der Waals surface area contributed by atoms with Gasteiger partial charge >= 0.3 is 5.69 Å². The summed E-state index contributed by atoms with van der Waals surface area (Å²) < 4.78 is 1.13. The van der Waals surface area contributed by atoms with E-state index in [9.17, 15) is 14.9 Å². The molecule has 2 rings (SSSR count). The Labute approximate surface area is 134 Å². The molecule has 0 bridgehead atoms. The van der Waals surface area contributed by atoms with Crippen LogP contribution in [0.5, 0.6) is 0 Å². The quantitative estimate of drug-likeness (QED) is 0.511. The smallest absolute Gasteiger partial charge is 0.271 e. The summed E-state index contributed by atoms with van der Waals surface area (Å²) in [6.07, 6.45) is 3.55. The van der Waals surface area contributed by atoms with Gasteiger partial charge in [0.2, 0.25) is 0 Å². The lowest BCUT2D eigenvalue weighted by molar-refractivity contribution is -0.385. The number of nitro groups is 1. The fourth-order valence-corrected chi connectivity index (χ4v) is 1.87. The standard InChI is InChI=1S/C12H9Cl2N5O3/c13-10-3-1-2-8(12(10)14)4-15-17-11(20)7-18-6-9(5-16-18)19(21)22/h1-6H,7H2,(H,17,20). The Morgan fingerprint density at radius 3 is 2.95 bits per heavy atom. The second-order valence-corrected chi connectivity index (χ2v) is 4.87. The number of hydrogen-bond donors (Lipinski definition) is 1. The highest BCUT2D eigenvalue weighted by atomic mass is 35.5. The van der Waals surface area contributed by atoms with Gasteiger partial charge in [0.15, 0.2) is 0 Å². The molecule has 0 aliphatic rings. The van der Waals surface area contributed by atoms with E-state index in [4.69, 9.17) is 23.2 Å². The molecule has 1 aromatic heterocycles. The van der Waals surface area contributed by atoms with Crippen molar-refractivity contribution in [3.63, 3.8) is 0 Å². The molecule has 0 aliphatic heterocycles. The number of hydrazone groups is 1. The Balaban J connectivity index is 1.93. The van der Waals surface area contributed by atoms with Crippen molar-refractivity contribution in [1.29, 1.82) is 0 Å². The first-order chi connectivity index (χ1) is 10.5. The molecule has 22 heavy (non-hydrogen) atoms. The Kier molecular flexibility index (Phi) is 5.08. The average Bonchev–Trinajstić information content (AvgIpc) is 2.92. The summed E-state index contributed by atoms with van der Waals surface area (Å²) >= 11 is 11.8. The highest BCUT2D eigenvalue weighted by Crippen LogP contribution is 2.24. The monoisotopic (exact) mass is 341 g/mol. The molecule has 2 aromatic rings. The molecule has 8 nitrogen and oxygen atoms in total. The summed E-state index contributed by atoms with van der Waals surface area (Å²) in [6, 6.07) is 5.01. The molecule has 0 saturated heterocycles. The van der Waals surface area contributed by atoms with E-state index in [1.165, 1.54) is 6.21 Å². The number of rotatable bonds is 5. The van der Waals surface area contributed by atoms with Crippen molar-refractivity contribution in [2.24, 2.45) is 5.10 Å². The predicted molar refractivity (Wildman–Crippen MR) is 81.1 cm³/mol. The maximum atomic E-state index is 11.6. The Hall–Kier alpha value is -2.45. The molecule has 114 valence electrons. The van der Waals surface area contributed by atoms with Crippen LogP contribution in [0.1, 0.15) is 5.56 Å². The first-order valence-corrected chi connectivity index (χ1v) is 6.65. The maximum absolute atomic E-state index is 11.6. The van der Waals surface area contributed by atoms with Crippen molar-refractivity contribution < 1.29 is 9.72 Å². The summed E-state index contributed by atoms with van der Waals surface area (Å²) in [5.41, 5.74) is 2.62. The predicted octanol–water partition coefficient (Wildman–Crippen LogP) is 2.25. The van der Waals surface area contributed by atoms with Gasteiger partial charge in [0.05, 0.1) is 21.2 Å². The van der Waals surface area contributed by atoms with Gasteiger partial charge in [-0.3, -0.25) is 19.6 Å². The molecule has 1 N–H and O–H groups in total. The number of nitrogens with one attached hydrogen (secondary N) is 1. The molecule has 1 heterocycles. The van der Waals surface area contributed by atoms with E-state index in [2.05, 4.69) is 15.6 Å². The van der Waals surface area contributed by atoms with E-state index in [1.807, 2.05) is 0 Å². The van der Waals surface area contributed by atoms with Crippen LogP contribution in [0, 0.1) is 10.1 Å². The fraction of sp³-hybridized carbons (Fsp3) is 0.0833. The average molecular weight is 342 g/mol. The van der Waals surface area contributed by atoms with Gasteiger partial charge in [-0.1, -0.05) is 35.3 Å². The Morgan fingerprint density at radius 1 is 1.50 bits per heavy atom. The third-order valence-electron chi connectivity index (χ3n) is 2.51. The molecular weight excluding hydrogens is 333 g/mol. The summed E-state index contributed by atoms with van der Waals surface area (Å²) in [7, 11) is 0. The van der Waals surface area contributed by atoms with Crippen LogP contribution in [0.4, 0.5) is 5.69 Å². The zero-order chi connectivity index (χ0) is 16.1. The molecule has 0 saturated carbocycles. The number of hydrogen-bond acceptors (Lipinski definition) is 5. The summed E-state index contributed by atoms with van der Waals surface area (Å²) in [5.74, 6) is -0.493. The zero-order valence-electron chi connectivity index (χ0n) is 10.9. The highest BCUT2D eigenvalue weighted by molar-refractivity contribution is 6.43. The maximum Gasteiger partial charge on any atom is 0.307 e. The van der Waals surface area contributed by atoms with Gasteiger partial charge in [-0.25, -0.2) is 5.43 Å². The third-order valence-corrected chi connectivity index (χ3v) is 3.34. The molecule has 0 radical (unpaired) electrons. The Morgan fingerprint density at radius 2 is 2.27 bits per heavy atom. The molecule has 0 aliphatic carbocycles. The largest absolute Gasteiger partial charge is 0.307 e. The van der Waals surface area contributed by atoms with Gasteiger partial charge in [-0.15, -0.1) is 0 Å². The number of nitrogens with zero attached hydrogens (tertiary/aromatic N) is 4. The number of benzene rings is 1. The molecule has 10 heteroatoms. The van der Waals surface area contributed by atoms with Gasteiger partial charge in [0, 0.05) is 5.56 Å². The highest BCUT2D eigenvalue weighted by Gasteiger charge is 2.10. The SMILES string of the molecule is O=C(Cn1cc([N+](=O)[O-])cn1)NN=Cc1cccc(Cl)c1Cl. The van der Waals surface area contributed by atoms with Gasteiger partial charge < -0.3 is 0 Å². The van der Waals surface area contributed by atoms with Crippen molar-refractivity contribution in [3.05, 3.63) is 56.3 Å². The second kappa shape index (κ2) is 7.01. The second-order valence-electron chi connectivity index (χ2n) is 4.09. The van der Waals surface area contributed by atoms with E-state index in [1.54, 1.807) is 18.2 Å². The molecule has 0 spiro atoms. The normalized spacial score (nSPS) is 10.8. The lowest BCUT2D eigenvalue weighted by Gasteiger charge is -2.01. The van der Waals surface area contributed by atoms with Crippen LogP contribution >= 0.6 is 23.2 Å². The zero-order valence-corrected chi connectivity index (χ0v) is 12.5. The van der Waals surface area contributed by atoms with Crippen molar-refractivity contribution in [2.45, 2.75) is 6.54 Å². The lowest BCUT2D eigenvalue weighted by atomic mass is 10.2. The van der Waals surface area contributed by atoms with E-state index < -0.39 is 10.8 Å². The third kappa shape index (κ3) is 4.03. The van der Waals surface area contributed by atoms with Gasteiger partial charge in [-0.05, 0) is 6.07 Å². The van der Waals surface area contributed by atoms with Crippen LogP contribution in [0.15, 0.2) is 35.7 Å². The van der Waals surface area contributed by atoms with Gasteiger partial charge in [0.1, 0.15) is 18.9 Å². The molecule has 1 amide bonds. The van der Waals surface area contributed by atoms with Gasteiger partial charge in [0.25, 0.3) is 5.91 Å². The summed E-state index contributed by atoms with van der Waals surface area (Å²) in [6.45, 7) is -0.200.